The maximum absolute atomic E-state index is 12.5. The summed E-state index contributed by atoms with van der Waals surface area (Å²) < 4.78 is 0. The second-order valence-corrected chi connectivity index (χ2v) is 6.34. The predicted octanol–water partition coefficient (Wildman–Crippen LogP) is 2.31. The first-order valence-electron chi connectivity index (χ1n) is 7.87. The molecule has 2 aliphatic heterocycles. The first-order chi connectivity index (χ1) is 8.84. The predicted molar refractivity (Wildman–Crippen MR) is 72.3 cm³/mol. The lowest BCUT2D eigenvalue weighted by molar-refractivity contribution is -0.138. The Hall–Kier alpha value is -0.570. The summed E-state index contributed by atoms with van der Waals surface area (Å²) in [5.41, 5.74) is 0. The monoisotopic (exact) mass is 250 g/mol. The van der Waals surface area contributed by atoms with Crippen molar-refractivity contribution in [2.24, 2.45) is 5.92 Å². The molecular weight excluding hydrogens is 224 g/mol. The largest absolute Gasteiger partial charge is 0.339 e. The molecule has 18 heavy (non-hydrogen) atoms. The zero-order valence-electron chi connectivity index (χ0n) is 11.4. The molecule has 0 radical (unpaired) electrons. The Morgan fingerprint density at radius 1 is 1.06 bits per heavy atom. The van der Waals surface area contributed by atoms with Crippen LogP contribution in [0.15, 0.2) is 0 Å². The number of carbonyl (C=O) groups excluding carboxylic acids is 1. The molecule has 3 atom stereocenters. The molecule has 1 amide bonds. The van der Waals surface area contributed by atoms with Gasteiger partial charge in [0.05, 0.1) is 0 Å². The van der Waals surface area contributed by atoms with Crippen LogP contribution in [0.25, 0.3) is 0 Å². The van der Waals surface area contributed by atoms with Crippen LogP contribution in [-0.2, 0) is 4.79 Å². The lowest BCUT2D eigenvalue weighted by Crippen LogP contribution is -2.50. The minimum absolute atomic E-state index is 0.422. The van der Waals surface area contributed by atoms with E-state index >= 15 is 0 Å². The average molecular weight is 250 g/mol. The fourth-order valence-electron chi connectivity index (χ4n) is 4.19. The first kappa shape index (κ1) is 12.5. The quantitative estimate of drug-likeness (QED) is 0.815. The Morgan fingerprint density at radius 3 is 2.72 bits per heavy atom. The van der Waals surface area contributed by atoms with Crippen molar-refractivity contribution < 1.29 is 4.79 Å². The van der Waals surface area contributed by atoms with Crippen LogP contribution in [0.3, 0.4) is 0 Å². The summed E-state index contributed by atoms with van der Waals surface area (Å²) in [6, 6.07) is 1.04. The van der Waals surface area contributed by atoms with Gasteiger partial charge in [0.15, 0.2) is 0 Å². The Balaban J connectivity index is 1.60. The third kappa shape index (κ3) is 2.56. The molecule has 3 nitrogen and oxygen atoms in total. The van der Waals surface area contributed by atoms with Gasteiger partial charge in [-0.25, -0.2) is 0 Å². The molecule has 2 heterocycles. The normalized spacial score (nSPS) is 36.4. The molecule has 3 aliphatic rings. The lowest BCUT2D eigenvalue weighted by Gasteiger charge is -2.44. The summed E-state index contributed by atoms with van der Waals surface area (Å²) in [5.74, 6) is 1.24. The van der Waals surface area contributed by atoms with E-state index in [2.05, 4.69) is 10.2 Å². The SMILES string of the molecule is O=C(CC1CCCN1)N1CCC[C@H]2CCCC[C@H]21. The van der Waals surface area contributed by atoms with Crippen molar-refractivity contribution in [2.75, 3.05) is 13.1 Å². The van der Waals surface area contributed by atoms with E-state index in [1.54, 1.807) is 0 Å². The van der Waals surface area contributed by atoms with E-state index in [1.807, 2.05) is 0 Å². The molecule has 0 aromatic carbocycles. The van der Waals surface area contributed by atoms with Gasteiger partial charge in [0.1, 0.15) is 0 Å². The summed E-state index contributed by atoms with van der Waals surface area (Å²) in [7, 11) is 0. The van der Waals surface area contributed by atoms with E-state index in [4.69, 9.17) is 0 Å². The number of amides is 1. The first-order valence-corrected chi connectivity index (χ1v) is 7.87. The maximum atomic E-state index is 12.5. The molecule has 1 saturated carbocycles. The smallest absolute Gasteiger partial charge is 0.224 e. The number of hydrogen-bond donors (Lipinski definition) is 1. The number of piperidine rings is 1. The molecular formula is C15H26N2O. The summed E-state index contributed by atoms with van der Waals surface area (Å²) in [5, 5.41) is 3.45. The lowest BCUT2D eigenvalue weighted by atomic mass is 9.78. The Kier molecular flexibility index (Phi) is 3.88. The van der Waals surface area contributed by atoms with Gasteiger partial charge in [-0.3, -0.25) is 4.79 Å². The van der Waals surface area contributed by atoms with Crippen molar-refractivity contribution in [1.29, 1.82) is 0 Å². The number of rotatable bonds is 2. The summed E-state index contributed by atoms with van der Waals surface area (Å²) in [6.45, 7) is 2.12. The van der Waals surface area contributed by atoms with Crippen LogP contribution in [-0.4, -0.2) is 36.0 Å². The number of carbonyl (C=O) groups is 1. The molecule has 102 valence electrons. The molecule has 1 aliphatic carbocycles. The van der Waals surface area contributed by atoms with Crippen molar-refractivity contribution in [3.05, 3.63) is 0 Å². The Bertz CT molecular complexity index is 297. The van der Waals surface area contributed by atoms with E-state index in [9.17, 15) is 4.79 Å². The van der Waals surface area contributed by atoms with Gasteiger partial charge in [-0.2, -0.15) is 0 Å². The van der Waals surface area contributed by atoms with Crippen LogP contribution in [0, 0.1) is 5.92 Å². The highest BCUT2D eigenvalue weighted by molar-refractivity contribution is 5.77. The van der Waals surface area contributed by atoms with Crippen molar-refractivity contribution in [3.8, 4) is 0 Å². The topological polar surface area (TPSA) is 32.3 Å². The Morgan fingerprint density at radius 2 is 1.89 bits per heavy atom. The second-order valence-electron chi connectivity index (χ2n) is 6.34. The summed E-state index contributed by atoms with van der Waals surface area (Å²) in [6.07, 6.45) is 11.1. The zero-order valence-corrected chi connectivity index (χ0v) is 11.4. The number of hydrogen-bond acceptors (Lipinski definition) is 2. The molecule has 2 saturated heterocycles. The number of nitrogens with zero attached hydrogens (tertiary/aromatic N) is 1. The van der Waals surface area contributed by atoms with Crippen molar-refractivity contribution in [3.63, 3.8) is 0 Å². The molecule has 0 spiro atoms. The van der Waals surface area contributed by atoms with E-state index in [-0.39, 0.29) is 0 Å². The molecule has 3 heteroatoms. The maximum Gasteiger partial charge on any atom is 0.224 e. The molecule has 0 bridgehead atoms. The van der Waals surface area contributed by atoms with Gasteiger partial charge >= 0.3 is 0 Å². The fourth-order valence-corrected chi connectivity index (χ4v) is 4.19. The molecule has 0 aromatic heterocycles. The van der Waals surface area contributed by atoms with E-state index in [0.717, 1.165) is 25.4 Å². The highest BCUT2D eigenvalue weighted by Gasteiger charge is 2.36. The molecule has 3 fully saturated rings. The standard InChI is InChI=1S/C15H26N2O/c18-15(11-13-7-3-9-16-13)17-10-4-6-12-5-1-2-8-14(12)17/h12-14,16H,1-11H2/t12-,13?,14-/m1/s1. The van der Waals surface area contributed by atoms with Crippen LogP contribution in [0.5, 0.6) is 0 Å². The minimum atomic E-state index is 0.422. The summed E-state index contributed by atoms with van der Waals surface area (Å²) >= 11 is 0. The van der Waals surface area contributed by atoms with Gasteiger partial charge in [-0.1, -0.05) is 12.8 Å². The van der Waals surface area contributed by atoms with Crippen LogP contribution >= 0.6 is 0 Å². The molecule has 1 unspecified atom stereocenters. The highest BCUT2D eigenvalue weighted by Crippen LogP contribution is 2.35. The van der Waals surface area contributed by atoms with Gasteiger partial charge < -0.3 is 10.2 Å². The van der Waals surface area contributed by atoms with E-state index in [0.29, 0.717) is 18.0 Å². The van der Waals surface area contributed by atoms with Gasteiger partial charge in [0.2, 0.25) is 5.91 Å². The van der Waals surface area contributed by atoms with Gasteiger partial charge in [-0.05, 0) is 51.0 Å². The van der Waals surface area contributed by atoms with E-state index in [1.165, 1.54) is 51.4 Å². The van der Waals surface area contributed by atoms with Crippen LogP contribution in [0.2, 0.25) is 0 Å². The zero-order chi connectivity index (χ0) is 12.4. The average Bonchev–Trinajstić information content (AvgIpc) is 2.91. The molecule has 3 rings (SSSR count). The summed E-state index contributed by atoms with van der Waals surface area (Å²) in [4.78, 5) is 14.7. The number of nitrogens with one attached hydrogen (secondary N) is 1. The Labute approximate surface area is 110 Å². The third-order valence-corrected chi connectivity index (χ3v) is 5.15. The van der Waals surface area contributed by atoms with Gasteiger partial charge in [-0.15, -0.1) is 0 Å². The van der Waals surface area contributed by atoms with E-state index < -0.39 is 0 Å². The van der Waals surface area contributed by atoms with Gasteiger partial charge in [0, 0.05) is 25.0 Å². The number of fused-ring (bicyclic) bond motifs is 1. The highest BCUT2D eigenvalue weighted by atomic mass is 16.2. The van der Waals surface area contributed by atoms with Crippen molar-refractivity contribution in [2.45, 2.75) is 69.9 Å². The van der Waals surface area contributed by atoms with Crippen LogP contribution < -0.4 is 5.32 Å². The van der Waals surface area contributed by atoms with Crippen molar-refractivity contribution >= 4 is 5.91 Å². The van der Waals surface area contributed by atoms with Crippen LogP contribution in [0.1, 0.15) is 57.8 Å². The van der Waals surface area contributed by atoms with Crippen molar-refractivity contribution in [1.82, 2.24) is 10.2 Å². The minimum Gasteiger partial charge on any atom is -0.339 e. The van der Waals surface area contributed by atoms with Crippen LogP contribution in [0.4, 0.5) is 0 Å². The molecule has 1 N–H and O–H groups in total. The second kappa shape index (κ2) is 5.60. The number of likely N-dealkylation sites (tertiary alicyclic amines) is 1. The third-order valence-electron chi connectivity index (χ3n) is 5.15. The van der Waals surface area contributed by atoms with Gasteiger partial charge in [0.25, 0.3) is 0 Å². The fraction of sp³-hybridized carbons (Fsp3) is 0.933. The molecule has 0 aromatic rings.